The first-order valence-corrected chi connectivity index (χ1v) is 7.62. The second kappa shape index (κ2) is 9.19. The zero-order valence-electron chi connectivity index (χ0n) is 13.0. The molecule has 0 atom stereocenters. The van der Waals surface area contributed by atoms with Gasteiger partial charge in [-0.15, -0.1) is 0 Å². The van der Waals surface area contributed by atoms with Crippen molar-refractivity contribution in [3.05, 3.63) is 53.4 Å². The number of nitrogens with two attached hydrogens (primary N) is 1. The van der Waals surface area contributed by atoms with Crippen LogP contribution < -0.4 is 16.4 Å². The summed E-state index contributed by atoms with van der Waals surface area (Å²) in [4.78, 5) is 12.2. The van der Waals surface area contributed by atoms with Crippen molar-refractivity contribution < 1.29 is 0 Å². The second-order valence-corrected chi connectivity index (χ2v) is 4.99. The smallest absolute Gasteiger partial charge is 0.115 e. The minimum atomic E-state index is 0.901. The van der Waals surface area contributed by atoms with Crippen LogP contribution in [0.1, 0.15) is 22.4 Å². The Labute approximate surface area is 131 Å². The van der Waals surface area contributed by atoms with Crippen LogP contribution in [0.25, 0.3) is 0 Å². The molecule has 4 N–H and O–H groups in total. The van der Waals surface area contributed by atoms with E-state index < -0.39 is 0 Å². The van der Waals surface area contributed by atoms with Crippen LogP contribution in [0, 0.1) is 0 Å². The van der Waals surface area contributed by atoms with Gasteiger partial charge in [0, 0.05) is 31.7 Å². The van der Waals surface area contributed by atoms with Gasteiger partial charge in [0.05, 0.1) is 5.69 Å². The number of hydrogen-bond donors (Lipinski definition) is 3. The highest BCUT2D eigenvalue weighted by atomic mass is 14.9. The molecule has 0 fully saturated rings. The van der Waals surface area contributed by atoms with Gasteiger partial charge >= 0.3 is 0 Å². The molecule has 0 aliphatic carbocycles. The summed E-state index contributed by atoms with van der Waals surface area (Å²) in [5.74, 6) is 0. The number of pyridine rings is 1. The molecular formula is C16H24N6. The lowest BCUT2D eigenvalue weighted by atomic mass is 10.0. The molecule has 2 aliphatic heterocycles. The normalized spacial score (nSPS) is 15.2. The molecule has 0 spiro atoms. The van der Waals surface area contributed by atoms with Gasteiger partial charge in [0.1, 0.15) is 6.33 Å². The average molecular weight is 300 g/mol. The van der Waals surface area contributed by atoms with E-state index in [1.165, 1.54) is 23.7 Å². The van der Waals surface area contributed by atoms with Crippen LogP contribution in [0.5, 0.6) is 0 Å². The summed E-state index contributed by atoms with van der Waals surface area (Å²) in [6.45, 7) is 4.06. The van der Waals surface area contributed by atoms with Crippen molar-refractivity contribution >= 4 is 0 Å². The fraction of sp³-hybridized carbons (Fsp3) is 0.438. The van der Waals surface area contributed by atoms with Crippen molar-refractivity contribution in [3.63, 3.8) is 0 Å². The van der Waals surface area contributed by atoms with Gasteiger partial charge in [-0.1, -0.05) is 0 Å². The van der Waals surface area contributed by atoms with Gasteiger partial charge in [-0.05, 0) is 55.7 Å². The molecule has 2 aromatic rings. The van der Waals surface area contributed by atoms with E-state index in [0.29, 0.717) is 0 Å². The summed E-state index contributed by atoms with van der Waals surface area (Å²) >= 11 is 0. The Morgan fingerprint density at radius 2 is 1.64 bits per heavy atom. The van der Waals surface area contributed by atoms with Crippen LogP contribution in [0.3, 0.4) is 0 Å². The molecule has 4 heterocycles. The maximum Gasteiger partial charge on any atom is 0.115 e. The van der Waals surface area contributed by atoms with Crippen molar-refractivity contribution in [2.24, 2.45) is 5.73 Å². The zero-order valence-corrected chi connectivity index (χ0v) is 13.0. The number of aromatic nitrogens is 3. The number of fused-ring (bicyclic) bond motifs is 2. The van der Waals surface area contributed by atoms with Gasteiger partial charge in [-0.2, -0.15) is 0 Å². The molecule has 0 unspecified atom stereocenters. The highest BCUT2D eigenvalue weighted by Crippen LogP contribution is 2.10. The number of hydrogen-bond acceptors (Lipinski definition) is 6. The second-order valence-electron chi connectivity index (χ2n) is 4.99. The summed E-state index contributed by atoms with van der Waals surface area (Å²) in [6.07, 6.45) is 9.52. The molecule has 4 rings (SSSR count). The molecule has 0 bridgehead atoms. The van der Waals surface area contributed by atoms with Crippen molar-refractivity contribution in [1.82, 2.24) is 25.6 Å². The Balaban J connectivity index is 0.000000144. The van der Waals surface area contributed by atoms with E-state index in [4.69, 9.17) is 0 Å². The summed E-state index contributed by atoms with van der Waals surface area (Å²) in [5, 5.41) is 6.56. The Morgan fingerprint density at radius 1 is 0.909 bits per heavy atom. The SMILES string of the molecule is CN.c1cc2c(cn1)CCNC2.c1ncc2c(n1)CNCC2. The monoisotopic (exact) mass is 300 g/mol. The molecule has 0 amide bonds. The lowest BCUT2D eigenvalue weighted by Crippen LogP contribution is -2.24. The Morgan fingerprint density at radius 3 is 2.41 bits per heavy atom. The molecule has 0 saturated carbocycles. The molecular weight excluding hydrogens is 276 g/mol. The molecule has 0 aromatic carbocycles. The van der Waals surface area contributed by atoms with E-state index in [2.05, 4.69) is 37.4 Å². The summed E-state index contributed by atoms with van der Waals surface area (Å²) in [6, 6.07) is 2.08. The average Bonchev–Trinajstić information content (AvgIpc) is 2.64. The van der Waals surface area contributed by atoms with Crippen LogP contribution in [0.4, 0.5) is 0 Å². The van der Waals surface area contributed by atoms with E-state index in [1.54, 1.807) is 6.33 Å². The maximum atomic E-state index is 4.50. The molecule has 0 saturated heterocycles. The third-order valence-corrected chi connectivity index (χ3v) is 3.64. The maximum absolute atomic E-state index is 4.50. The quantitative estimate of drug-likeness (QED) is 0.654. The van der Waals surface area contributed by atoms with E-state index in [9.17, 15) is 0 Å². The molecule has 0 radical (unpaired) electrons. The van der Waals surface area contributed by atoms with E-state index in [-0.39, 0.29) is 0 Å². The third kappa shape index (κ3) is 4.56. The largest absolute Gasteiger partial charge is 0.333 e. The Bertz CT molecular complexity index is 471. The first kappa shape index (κ1) is 16.5. The highest BCUT2D eigenvalue weighted by molar-refractivity contribution is 5.25. The first-order valence-electron chi connectivity index (χ1n) is 7.62. The summed E-state index contributed by atoms with van der Waals surface area (Å²) < 4.78 is 0. The van der Waals surface area contributed by atoms with E-state index >= 15 is 0 Å². The number of nitrogens with one attached hydrogen (secondary N) is 2. The van der Waals surface area contributed by atoms with E-state index in [1.807, 2.05) is 18.6 Å². The fourth-order valence-corrected chi connectivity index (χ4v) is 2.48. The molecule has 6 heteroatoms. The molecule has 2 aliphatic rings. The van der Waals surface area contributed by atoms with Gasteiger partial charge in [-0.25, -0.2) is 9.97 Å². The number of nitrogens with zero attached hydrogens (tertiary/aromatic N) is 3. The van der Waals surface area contributed by atoms with Crippen molar-refractivity contribution in [3.8, 4) is 0 Å². The Kier molecular flexibility index (Phi) is 6.89. The topological polar surface area (TPSA) is 88.8 Å². The van der Waals surface area contributed by atoms with Gasteiger partial charge in [0.15, 0.2) is 0 Å². The minimum absolute atomic E-state index is 0.901. The van der Waals surface area contributed by atoms with Crippen LogP contribution in [0.2, 0.25) is 0 Å². The van der Waals surface area contributed by atoms with Crippen LogP contribution >= 0.6 is 0 Å². The van der Waals surface area contributed by atoms with Crippen LogP contribution in [-0.2, 0) is 25.9 Å². The van der Waals surface area contributed by atoms with Gasteiger partial charge < -0.3 is 16.4 Å². The zero-order chi connectivity index (χ0) is 15.6. The lowest BCUT2D eigenvalue weighted by Gasteiger charge is -2.15. The van der Waals surface area contributed by atoms with Crippen LogP contribution in [0.15, 0.2) is 31.0 Å². The van der Waals surface area contributed by atoms with E-state index in [0.717, 1.165) is 44.7 Å². The lowest BCUT2D eigenvalue weighted by molar-refractivity contribution is 0.623. The Hall–Kier alpha value is -1.89. The van der Waals surface area contributed by atoms with Crippen molar-refractivity contribution in [2.75, 3.05) is 20.1 Å². The van der Waals surface area contributed by atoms with Crippen molar-refractivity contribution in [2.45, 2.75) is 25.9 Å². The van der Waals surface area contributed by atoms with Gasteiger partial charge in [0.25, 0.3) is 0 Å². The predicted octanol–water partition coefficient (Wildman–Crippen LogP) is 0.424. The minimum Gasteiger partial charge on any atom is -0.333 e. The van der Waals surface area contributed by atoms with Crippen LogP contribution in [-0.4, -0.2) is 35.1 Å². The van der Waals surface area contributed by atoms with Gasteiger partial charge in [-0.3, -0.25) is 4.98 Å². The fourth-order valence-electron chi connectivity index (χ4n) is 2.48. The molecule has 6 nitrogen and oxygen atoms in total. The molecule has 2 aromatic heterocycles. The third-order valence-electron chi connectivity index (χ3n) is 3.64. The molecule has 22 heavy (non-hydrogen) atoms. The predicted molar refractivity (Wildman–Crippen MR) is 87.2 cm³/mol. The molecule has 118 valence electrons. The van der Waals surface area contributed by atoms with Crippen molar-refractivity contribution in [1.29, 1.82) is 0 Å². The summed E-state index contributed by atoms with van der Waals surface area (Å²) in [5.41, 5.74) is 9.75. The standard InChI is InChI=1S/C8H10N2.C7H9N3.CH5N/c1-3-9-6-8-2-4-10-5-7(1)8;1-2-8-4-7-6(1)3-9-5-10-7;1-2/h1,3,6,10H,2,4-5H2;3,5,8H,1-2,4H2;2H2,1H3. The van der Waals surface area contributed by atoms with Gasteiger partial charge in [0.2, 0.25) is 0 Å². The first-order chi connectivity index (χ1) is 10.9. The number of rotatable bonds is 0. The highest BCUT2D eigenvalue weighted by Gasteiger charge is 2.07. The summed E-state index contributed by atoms with van der Waals surface area (Å²) in [7, 11) is 1.50.